The fraction of sp³-hybridized carbons (Fsp3) is 0.412. The van der Waals surface area contributed by atoms with Crippen LogP contribution in [-0.2, 0) is 0 Å². The Kier molecular flexibility index (Phi) is 10.2. The third kappa shape index (κ3) is 6.93. The van der Waals surface area contributed by atoms with Crippen molar-refractivity contribution in [3.63, 3.8) is 0 Å². The monoisotopic (exact) mass is 538 g/mol. The molecular formula is C34H38F4O. The second kappa shape index (κ2) is 13.8. The highest BCUT2D eigenvalue weighted by Gasteiger charge is 2.26. The quantitative estimate of drug-likeness (QED) is 0.134. The maximum absolute atomic E-state index is 15.2. The number of unbranched alkanes of at least 4 members (excludes halogenated alkanes) is 2. The van der Waals surface area contributed by atoms with Gasteiger partial charge in [-0.1, -0.05) is 68.3 Å². The Morgan fingerprint density at radius 1 is 0.744 bits per heavy atom. The van der Waals surface area contributed by atoms with Crippen molar-refractivity contribution in [1.82, 2.24) is 0 Å². The van der Waals surface area contributed by atoms with Gasteiger partial charge in [0, 0.05) is 11.1 Å². The molecule has 208 valence electrons. The zero-order chi connectivity index (χ0) is 27.8. The SMILES string of the molecule is CC=CCCC1CCC(c2ccc(-c3ccc(-c4ccc(OCCCCC)c(F)c4F)cc3)c(F)c2F)CC1. The molecule has 39 heavy (non-hydrogen) atoms. The van der Waals surface area contributed by atoms with Gasteiger partial charge in [-0.05, 0) is 92.5 Å². The summed E-state index contributed by atoms with van der Waals surface area (Å²) < 4.78 is 65.2. The lowest BCUT2D eigenvalue weighted by Gasteiger charge is -2.29. The summed E-state index contributed by atoms with van der Waals surface area (Å²) in [4.78, 5) is 0. The van der Waals surface area contributed by atoms with Crippen molar-refractivity contribution in [2.24, 2.45) is 5.92 Å². The number of ether oxygens (including phenoxy) is 1. The molecule has 0 atom stereocenters. The van der Waals surface area contributed by atoms with Crippen LogP contribution in [0.4, 0.5) is 17.6 Å². The third-order valence-corrected chi connectivity index (χ3v) is 7.94. The van der Waals surface area contributed by atoms with Gasteiger partial charge >= 0.3 is 0 Å². The van der Waals surface area contributed by atoms with Crippen LogP contribution in [0.2, 0.25) is 0 Å². The largest absolute Gasteiger partial charge is 0.490 e. The third-order valence-electron chi connectivity index (χ3n) is 7.94. The van der Waals surface area contributed by atoms with Gasteiger partial charge in [0.2, 0.25) is 5.82 Å². The maximum atomic E-state index is 15.2. The normalized spacial score (nSPS) is 17.6. The molecule has 1 aliphatic rings. The summed E-state index contributed by atoms with van der Waals surface area (Å²) in [6.07, 6.45) is 13.0. The summed E-state index contributed by atoms with van der Waals surface area (Å²) in [7, 11) is 0. The predicted molar refractivity (Wildman–Crippen MR) is 151 cm³/mol. The predicted octanol–water partition coefficient (Wildman–Crippen LogP) is 10.8. The number of allylic oxidation sites excluding steroid dienone is 2. The molecule has 0 N–H and O–H groups in total. The molecule has 0 amide bonds. The number of benzene rings is 3. The Morgan fingerprint density at radius 3 is 1.97 bits per heavy atom. The number of hydrogen-bond donors (Lipinski definition) is 0. The van der Waals surface area contributed by atoms with E-state index in [1.54, 1.807) is 36.4 Å². The Bertz CT molecular complexity index is 1260. The standard InChI is InChI=1S/C34H38F4O/c1-3-5-7-9-23-10-12-24(13-11-23)27-18-19-28(32(36)31(27)35)25-14-16-26(17-15-25)29-20-21-30(34(38)33(29)37)39-22-8-6-4-2/h3,5,14-21,23-24H,4,6-13,22H2,1-2H3. The van der Waals surface area contributed by atoms with Crippen LogP contribution in [0.25, 0.3) is 22.3 Å². The molecule has 3 aromatic carbocycles. The summed E-state index contributed by atoms with van der Waals surface area (Å²) >= 11 is 0. The molecule has 0 bridgehead atoms. The molecule has 0 aliphatic heterocycles. The Hall–Kier alpha value is -3.08. The molecule has 1 fully saturated rings. The van der Waals surface area contributed by atoms with E-state index in [0.717, 1.165) is 57.8 Å². The summed E-state index contributed by atoms with van der Waals surface area (Å²) in [5, 5.41) is 0. The van der Waals surface area contributed by atoms with Gasteiger partial charge in [-0.25, -0.2) is 13.2 Å². The molecule has 4 rings (SSSR count). The van der Waals surface area contributed by atoms with Gasteiger partial charge in [0.1, 0.15) is 0 Å². The molecule has 0 aromatic heterocycles. The van der Waals surface area contributed by atoms with Crippen molar-refractivity contribution in [3.8, 4) is 28.0 Å². The van der Waals surface area contributed by atoms with Crippen LogP contribution in [-0.4, -0.2) is 6.61 Å². The van der Waals surface area contributed by atoms with Gasteiger partial charge in [0.15, 0.2) is 23.2 Å². The molecule has 0 heterocycles. The zero-order valence-corrected chi connectivity index (χ0v) is 22.9. The van der Waals surface area contributed by atoms with Crippen LogP contribution in [0.15, 0.2) is 60.7 Å². The average Bonchev–Trinajstić information content (AvgIpc) is 2.96. The molecule has 3 aromatic rings. The van der Waals surface area contributed by atoms with Crippen molar-refractivity contribution in [2.45, 2.75) is 77.6 Å². The van der Waals surface area contributed by atoms with Gasteiger partial charge in [-0.2, -0.15) is 4.39 Å². The summed E-state index contributed by atoms with van der Waals surface area (Å²) in [6, 6.07) is 12.6. The van der Waals surface area contributed by atoms with Crippen LogP contribution >= 0.6 is 0 Å². The average molecular weight is 539 g/mol. The Labute approximate surface area is 229 Å². The minimum absolute atomic E-state index is 0.0327. The Balaban J connectivity index is 1.46. The number of rotatable bonds is 11. The number of halogens is 4. The molecule has 0 radical (unpaired) electrons. The van der Waals surface area contributed by atoms with Crippen molar-refractivity contribution in [3.05, 3.63) is 89.5 Å². The molecule has 1 saturated carbocycles. The molecule has 1 nitrogen and oxygen atoms in total. The van der Waals surface area contributed by atoms with Gasteiger partial charge in [0.05, 0.1) is 6.61 Å². The lowest BCUT2D eigenvalue weighted by molar-refractivity contribution is 0.286. The van der Waals surface area contributed by atoms with E-state index in [-0.39, 0.29) is 22.8 Å². The van der Waals surface area contributed by atoms with E-state index in [9.17, 15) is 8.78 Å². The van der Waals surface area contributed by atoms with Gasteiger partial charge in [-0.3, -0.25) is 0 Å². The molecule has 5 heteroatoms. The summed E-state index contributed by atoms with van der Waals surface area (Å²) in [6.45, 7) is 4.41. The lowest BCUT2D eigenvalue weighted by Crippen LogP contribution is -2.15. The van der Waals surface area contributed by atoms with E-state index in [4.69, 9.17) is 4.74 Å². The fourth-order valence-corrected chi connectivity index (χ4v) is 5.59. The van der Waals surface area contributed by atoms with Crippen LogP contribution in [0.3, 0.4) is 0 Å². The second-order valence-electron chi connectivity index (χ2n) is 10.6. The number of hydrogen-bond acceptors (Lipinski definition) is 1. The first-order valence-electron chi connectivity index (χ1n) is 14.2. The Morgan fingerprint density at radius 2 is 1.36 bits per heavy atom. The van der Waals surface area contributed by atoms with Crippen LogP contribution in [0, 0.1) is 29.2 Å². The van der Waals surface area contributed by atoms with Crippen molar-refractivity contribution in [2.75, 3.05) is 6.61 Å². The minimum atomic E-state index is -1.02. The first kappa shape index (κ1) is 28.9. The van der Waals surface area contributed by atoms with Gasteiger partial charge in [0.25, 0.3) is 0 Å². The maximum Gasteiger partial charge on any atom is 0.201 e. The smallest absolute Gasteiger partial charge is 0.201 e. The van der Waals surface area contributed by atoms with E-state index < -0.39 is 23.3 Å². The van der Waals surface area contributed by atoms with Crippen LogP contribution < -0.4 is 4.74 Å². The van der Waals surface area contributed by atoms with Crippen LogP contribution in [0.5, 0.6) is 5.75 Å². The van der Waals surface area contributed by atoms with E-state index >= 15 is 8.78 Å². The van der Waals surface area contributed by atoms with Crippen molar-refractivity contribution >= 4 is 0 Å². The van der Waals surface area contributed by atoms with E-state index in [2.05, 4.69) is 19.1 Å². The highest BCUT2D eigenvalue weighted by atomic mass is 19.2. The van der Waals surface area contributed by atoms with Crippen molar-refractivity contribution in [1.29, 1.82) is 0 Å². The van der Waals surface area contributed by atoms with E-state index in [1.807, 2.05) is 6.92 Å². The summed E-state index contributed by atoms with van der Waals surface area (Å²) in [5.41, 5.74) is 1.62. The van der Waals surface area contributed by atoms with Crippen molar-refractivity contribution < 1.29 is 22.3 Å². The van der Waals surface area contributed by atoms with E-state index in [1.165, 1.54) is 12.1 Å². The van der Waals surface area contributed by atoms with E-state index in [0.29, 0.717) is 29.2 Å². The highest BCUT2D eigenvalue weighted by molar-refractivity contribution is 5.72. The fourth-order valence-electron chi connectivity index (χ4n) is 5.59. The topological polar surface area (TPSA) is 9.23 Å². The second-order valence-corrected chi connectivity index (χ2v) is 10.6. The summed E-state index contributed by atoms with van der Waals surface area (Å²) in [5.74, 6) is -3.09. The molecule has 0 saturated heterocycles. The molecule has 0 spiro atoms. The molecule has 0 unspecified atom stereocenters. The lowest BCUT2D eigenvalue weighted by atomic mass is 9.77. The first-order valence-corrected chi connectivity index (χ1v) is 14.2. The minimum Gasteiger partial charge on any atom is -0.490 e. The molecule has 1 aliphatic carbocycles. The van der Waals surface area contributed by atoms with Crippen LogP contribution in [0.1, 0.15) is 83.1 Å². The molecular weight excluding hydrogens is 500 g/mol. The van der Waals surface area contributed by atoms with Gasteiger partial charge < -0.3 is 4.74 Å². The highest BCUT2D eigenvalue weighted by Crippen LogP contribution is 2.40. The van der Waals surface area contributed by atoms with Gasteiger partial charge in [-0.15, -0.1) is 0 Å². The zero-order valence-electron chi connectivity index (χ0n) is 22.9. The first-order chi connectivity index (χ1) is 18.9.